The molecule has 0 radical (unpaired) electrons. The van der Waals surface area contributed by atoms with Crippen molar-refractivity contribution in [1.82, 2.24) is 0 Å². The van der Waals surface area contributed by atoms with Gasteiger partial charge in [-0.25, -0.2) is 4.57 Å². The van der Waals surface area contributed by atoms with E-state index in [-0.39, 0.29) is 19.3 Å². The maximum Gasteiger partial charge on any atom is 0.472 e. The van der Waals surface area contributed by atoms with Crippen LogP contribution in [0.25, 0.3) is 0 Å². The summed E-state index contributed by atoms with van der Waals surface area (Å²) in [5.74, 6) is 0. The highest BCUT2D eigenvalue weighted by atomic mass is 31.2. The van der Waals surface area contributed by atoms with Crippen molar-refractivity contribution in [2.75, 3.05) is 61.2 Å². The Kier molecular flexibility index (Phi) is 17.6. The fraction of sp³-hybridized carbons (Fsp3) is 1.00. The number of rotatable bonds is 21. The molecule has 8 heteroatoms. The quantitative estimate of drug-likeness (QED) is 0.157. The lowest BCUT2D eigenvalue weighted by Crippen LogP contribution is -2.37. The second-order valence-electron chi connectivity index (χ2n) is 8.73. The van der Waals surface area contributed by atoms with Gasteiger partial charge in [-0.15, -0.1) is 0 Å². The normalized spacial score (nSPS) is 15.4. The van der Waals surface area contributed by atoms with Gasteiger partial charge >= 0.3 is 7.82 Å². The maximum atomic E-state index is 11.9. The molecule has 0 aliphatic heterocycles. The first-order valence-corrected chi connectivity index (χ1v) is 12.7. The molecule has 0 amide bonds. The Hall–Kier alpha value is -0.0100. The molecule has 176 valence electrons. The third-order valence-corrected chi connectivity index (χ3v) is 5.70. The summed E-state index contributed by atoms with van der Waals surface area (Å²) in [7, 11) is 3.44. The van der Waals surface area contributed by atoms with E-state index >= 15 is 0 Å². The van der Waals surface area contributed by atoms with Crippen LogP contribution in [0.4, 0.5) is 0 Å². The van der Waals surface area contributed by atoms with Gasteiger partial charge in [0.1, 0.15) is 19.3 Å². The summed E-state index contributed by atoms with van der Waals surface area (Å²) in [5, 5.41) is 0. The van der Waals surface area contributed by atoms with Crippen LogP contribution in [0.3, 0.4) is 0 Å². The van der Waals surface area contributed by atoms with Crippen molar-refractivity contribution < 1.29 is 32.5 Å². The van der Waals surface area contributed by atoms with Crippen LogP contribution in [0.15, 0.2) is 0 Å². The summed E-state index contributed by atoms with van der Waals surface area (Å²) in [5.41, 5.74) is 0. The van der Waals surface area contributed by atoms with E-state index in [9.17, 15) is 9.46 Å². The molecule has 0 bridgehead atoms. The predicted octanol–water partition coefficient (Wildman–Crippen LogP) is 4.78. The number of nitrogens with zero attached hydrogens (tertiary/aromatic N) is 1. The third kappa shape index (κ3) is 21.0. The van der Waals surface area contributed by atoms with Gasteiger partial charge in [-0.2, -0.15) is 0 Å². The van der Waals surface area contributed by atoms with E-state index in [1.807, 2.05) is 21.1 Å². The van der Waals surface area contributed by atoms with Crippen molar-refractivity contribution in [2.24, 2.45) is 0 Å². The SMILES string of the molecule is CCCCCCCCCCCCOC[C@H](COP(=O)(O)OCC[N+](C)(C)C)OC. The first-order valence-electron chi connectivity index (χ1n) is 11.2. The largest absolute Gasteiger partial charge is 0.472 e. The molecule has 0 heterocycles. The highest BCUT2D eigenvalue weighted by molar-refractivity contribution is 7.47. The lowest BCUT2D eigenvalue weighted by Gasteiger charge is -2.24. The molecule has 0 aliphatic carbocycles. The number of ether oxygens (including phenoxy) is 2. The van der Waals surface area contributed by atoms with Gasteiger partial charge in [0.05, 0.1) is 34.4 Å². The highest BCUT2D eigenvalue weighted by Gasteiger charge is 2.24. The Morgan fingerprint density at radius 1 is 0.828 bits per heavy atom. The van der Waals surface area contributed by atoms with E-state index in [4.69, 9.17) is 18.5 Å². The van der Waals surface area contributed by atoms with Crippen LogP contribution in [-0.4, -0.2) is 76.7 Å². The van der Waals surface area contributed by atoms with E-state index in [0.717, 1.165) is 6.42 Å². The Labute approximate surface area is 179 Å². The maximum absolute atomic E-state index is 11.9. The van der Waals surface area contributed by atoms with Gasteiger partial charge in [-0.3, -0.25) is 9.05 Å². The third-order valence-electron chi connectivity index (χ3n) is 4.72. The van der Waals surface area contributed by atoms with E-state index in [0.29, 0.717) is 24.2 Å². The minimum atomic E-state index is -4.06. The topological polar surface area (TPSA) is 74.2 Å². The summed E-state index contributed by atoms with van der Waals surface area (Å²) in [4.78, 5) is 9.74. The van der Waals surface area contributed by atoms with Crippen LogP contribution in [0.5, 0.6) is 0 Å². The zero-order chi connectivity index (χ0) is 22.0. The van der Waals surface area contributed by atoms with Crippen LogP contribution in [-0.2, 0) is 23.1 Å². The van der Waals surface area contributed by atoms with Crippen molar-refractivity contribution in [2.45, 2.75) is 77.2 Å². The first-order chi connectivity index (χ1) is 13.7. The molecule has 1 N–H and O–H groups in total. The van der Waals surface area contributed by atoms with Gasteiger partial charge in [0.25, 0.3) is 0 Å². The predicted molar refractivity (Wildman–Crippen MR) is 118 cm³/mol. The average molecular weight is 441 g/mol. The number of likely N-dealkylation sites (N-methyl/N-ethyl adjacent to an activating group) is 1. The molecule has 0 saturated carbocycles. The smallest absolute Gasteiger partial charge is 0.379 e. The number of quaternary nitrogens is 1. The second kappa shape index (κ2) is 17.6. The number of unbranched alkanes of at least 4 members (excludes halogenated alkanes) is 9. The molecule has 0 spiro atoms. The zero-order valence-corrected chi connectivity index (χ0v) is 20.5. The molecule has 1 unspecified atom stereocenters. The molecule has 0 aromatic carbocycles. The summed E-state index contributed by atoms with van der Waals surface area (Å²) < 4.78 is 33.5. The number of phosphoric acid groups is 1. The van der Waals surface area contributed by atoms with Gasteiger partial charge in [0, 0.05) is 13.7 Å². The summed E-state index contributed by atoms with van der Waals surface area (Å²) in [6.45, 7) is 4.00. The monoisotopic (exact) mass is 440 g/mol. The molecule has 29 heavy (non-hydrogen) atoms. The Bertz CT molecular complexity index is 416. The van der Waals surface area contributed by atoms with Gasteiger partial charge < -0.3 is 18.9 Å². The van der Waals surface area contributed by atoms with Gasteiger partial charge in [-0.05, 0) is 6.42 Å². The van der Waals surface area contributed by atoms with E-state index in [2.05, 4.69) is 6.92 Å². The average Bonchev–Trinajstić information content (AvgIpc) is 2.63. The van der Waals surface area contributed by atoms with Crippen LogP contribution in [0, 0.1) is 0 Å². The first kappa shape index (κ1) is 29.0. The summed E-state index contributed by atoms with van der Waals surface area (Å²) in [6.07, 6.45) is 12.5. The molecule has 0 rings (SSSR count). The van der Waals surface area contributed by atoms with E-state index in [1.54, 1.807) is 0 Å². The van der Waals surface area contributed by atoms with Crippen molar-refractivity contribution >= 4 is 7.82 Å². The highest BCUT2D eigenvalue weighted by Crippen LogP contribution is 2.43. The Balaban J connectivity index is 3.65. The summed E-state index contributed by atoms with van der Waals surface area (Å²) in [6, 6.07) is 0. The Morgan fingerprint density at radius 3 is 1.90 bits per heavy atom. The molecule has 0 fully saturated rings. The number of hydrogen-bond acceptors (Lipinski definition) is 5. The number of hydrogen-bond donors (Lipinski definition) is 1. The van der Waals surface area contributed by atoms with Crippen LogP contribution in [0.2, 0.25) is 0 Å². The van der Waals surface area contributed by atoms with Gasteiger partial charge in [0.15, 0.2) is 0 Å². The fourth-order valence-corrected chi connectivity index (χ4v) is 3.48. The van der Waals surface area contributed by atoms with Crippen LogP contribution in [0.1, 0.15) is 71.1 Å². The van der Waals surface area contributed by atoms with Crippen molar-refractivity contribution in [3.05, 3.63) is 0 Å². The zero-order valence-electron chi connectivity index (χ0n) is 19.6. The van der Waals surface area contributed by atoms with Crippen LogP contribution < -0.4 is 0 Å². The lowest BCUT2D eigenvalue weighted by molar-refractivity contribution is -0.870. The van der Waals surface area contributed by atoms with Crippen molar-refractivity contribution in [1.29, 1.82) is 0 Å². The molecule has 0 aromatic heterocycles. The van der Waals surface area contributed by atoms with Gasteiger partial charge in [-0.1, -0.05) is 64.7 Å². The molecular weight excluding hydrogens is 393 g/mol. The lowest BCUT2D eigenvalue weighted by atomic mass is 10.1. The Morgan fingerprint density at radius 2 is 1.38 bits per heavy atom. The molecule has 2 atom stereocenters. The molecule has 0 saturated heterocycles. The fourth-order valence-electron chi connectivity index (χ4n) is 2.74. The minimum Gasteiger partial charge on any atom is -0.379 e. The number of methoxy groups -OCH3 is 1. The summed E-state index contributed by atoms with van der Waals surface area (Å²) >= 11 is 0. The molecule has 0 aliphatic rings. The standard InChI is InChI=1S/C21H46NO6P/c1-6-7-8-9-10-11-12-13-14-15-17-26-19-21(25-5)20-28-29(23,24)27-18-16-22(2,3)4/h21H,6-20H2,1-5H3/p+1/t21-/m1/s1. The van der Waals surface area contributed by atoms with E-state index < -0.39 is 7.82 Å². The minimum absolute atomic E-state index is 0.0350. The molecule has 7 nitrogen and oxygen atoms in total. The van der Waals surface area contributed by atoms with Crippen molar-refractivity contribution in [3.63, 3.8) is 0 Å². The van der Waals surface area contributed by atoms with Crippen LogP contribution >= 0.6 is 7.82 Å². The van der Waals surface area contributed by atoms with Crippen molar-refractivity contribution in [3.8, 4) is 0 Å². The number of phosphoric ester groups is 1. The molecular formula is C21H47NO6P+. The van der Waals surface area contributed by atoms with Gasteiger partial charge in [0.2, 0.25) is 0 Å². The van der Waals surface area contributed by atoms with E-state index in [1.165, 1.54) is 64.9 Å². The molecule has 0 aromatic rings. The second-order valence-corrected chi connectivity index (χ2v) is 10.2.